The summed E-state index contributed by atoms with van der Waals surface area (Å²) in [6, 6.07) is 8.97. The highest BCUT2D eigenvalue weighted by Crippen LogP contribution is 2.39. The fourth-order valence-corrected chi connectivity index (χ4v) is 8.76. The first-order valence-electron chi connectivity index (χ1n) is 20.1. The first-order valence-corrected chi connectivity index (χ1v) is 20.1. The minimum absolute atomic E-state index is 0.0162. The number of phenols is 1. The van der Waals surface area contributed by atoms with Gasteiger partial charge in [-0.05, 0) is 107 Å². The van der Waals surface area contributed by atoms with E-state index in [9.17, 15) is 9.90 Å². The number of rotatable bonds is 12. The molecule has 6 N–H and O–H groups in total. The zero-order valence-corrected chi connectivity index (χ0v) is 32.7. The molecule has 0 bridgehead atoms. The molecule has 0 amide bonds. The van der Waals surface area contributed by atoms with E-state index in [1.54, 1.807) is 18.2 Å². The fraction of sp³-hybridized carbons (Fsp3) is 0.524. The van der Waals surface area contributed by atoms with E-state index >= 15 is 0 Å². The van der Waals surface area contributed by atoms with Gasteiger partial charge in [0.05, 0.1) is 12.6 Å². The van der Waals surface area contributed by atoms with Gasteiger partial charge in [0.1, 0.15) is 17.5 Å². The molecule has 4 aromatic rings. The molecule has 3 aromatic heterocycles. The third-order valence-electron chi connectivity index (χ3n) is 12.0. The van der Waals surface area contributed by atoms with Crippen molar-refractivity contribution in [2.24, 2.45) is 17.6 Å². The van der Waals surface area contributed by atoms with Gasteiger partial charge in [0.15, 0.2) is 11.6 Å². The van der Waals surface area contributed by atoms with Crippen molar-refractivity contribution >= 4 is 35.3 Å². The number of phenolic OH excluding ortho intramolecular Hbond substituents is 1. The van der Waals surface area contributed by atoms with Crippen molar-refractivity contribution in [3.05, 3.63) is 76.4 Å². The van der Waals surface area contributed by atoms with Crippen LogP contribution in [0.4, 0.5) is 17.6 Å². The molecule has 0 radical (unpaired) electrons. The molecule has 0 saturated carbocycles. The molecule has 3 aliphatic rings. The van der Waals surface area contributed by atoms with E-state index < -0.39 is 5.92 Å². The van der Waals surface area contributed by atoms with Crippen LogP contribution in [0, 0.1) is 11.8 Å². The molecular weight excluding hydrogens is 695 g/mol. The maximum atomic E-state index is 12.5. The van der Waals surface area contributed by atoms with Crippen molar-refractivity contribution in [1.82, 2.24) is 25.0 Å². The maximum absolute atomic E-state index is 12.5. The number of hydrogen-bond donors (Lipinski definition) is 4. The molecule has 2 atom stereocenters. The average Bonchev–Trinajstić information content (AvgIpc) is 3.79. The molecule has 294 valence electrons. The van der Waals surface area contributed by atoms with E-state index in [0.717, 1.165) is 94.0 Å². The maximum Gasteiger partial charge on any atom is 0.317 e. The van der Waals surface area contributed by atoms with Gasteiger partial charge in [-0.2, -0.15) is 0 Å². The summed E-state index contributed by atoms with van der Waals surface area (Å²) in [4.78, 5) is 32.8. The average molecular weight is 752 g/mol. The Labute approximate surface area is 324 Å². The van der Waals surface area contributed by atoms with E-state index in [-0.39, 0.29) is 23.7 Å². The number of ether oxygens (including phenoxy) is 1. The number of nitrogen functional groups attached to an aromatic ring is 1. The molecule has 0 aliphatic carbocycles. The minimum atomic E-state index is -0.435. The van der Waals surface area contributed by atoms with Crippen LogP contribution in [0.25, 0.3) is 11.8 Å². The summed E-state index contributed by atoms with van der Waals surface area (Å²) in [6.45, 7) is 14.3. The highest BCUT2D eigenvalue weighted by Gasteiger charge is 2.33. The van der Waals surface area contributed by atoms with Crippen LogP contribution >= 0.6 is 0 Å². The zero-order valence-electron chi connectivity index (χ0n) is 32.7. The number of aromatic amines is 1. The second-order valence-corrected chi connectivity index (χ2v) is 15.8. The SMILES string of the molecule is CCOC(=O)C(c1cc(N2CCC(CCN3CCC(c4cnc(N5CCc6[nH]c(N)c(/C=C(\N)c7ccccc7O)c6C5C)nc4)CC3)CC2)no1)C(C)C. The Bertz CT molecular complexity index is 1940. The standard InChI is InChI=1S/C42H57N9O4/c1-5-54-41(53)38(26(2)3)36-23-37(48-55-36)50-19-11-28(12-20-50)10-16-49-17-13-29(14-18-49)30-24-45-42(46-25-30)51-21-15-34-39(27(51)4)32(40(44)47-34)22-33(43)31-8-6-7-9-35(31)52/h6-9,22-29,38,47,52H,5,10-21,43-44H2,1-4H3/b33-22-. The van der Waals surface area contributed by atoms with Gasteiger partial charge in [0.25, 0.3) is 0 Å². The Morgan fingerprint density at radius 3 is 2.51 bits per heavy atom. The molecule has 13 nitrogen and oxygen atoms in total. The molecule has 13 heteroatoms. The molecule has 7 rings (SSSR count). The molecule has 2 unspecified atom stereocenters. The smallest absolute Gasteiger partial charge is 0.317 e. The molecule has 1 aromatic carbocycles. The third-order valence-corrected chi connectivity index (χ3v) is 12.0. The second kappa shape index (κ2) is 16.8. The predicted molar refractivity (Wildman–Crippen MR) is 216 cm³/mol. The number of nitrogens with zero attached hydrogens (tertiary/aromatic N) is 6. The first kappa shape index (κ1) is 38.2. The molecule has 2 fully saturated rings. The highest BCUT2D eigenvalue weighted by molar-refractivity contribution is 5.86. The van der Waals surface area contributed by atoms with Gasteiger partial charge in [-0.1, -0.05) is 31.1 Å². The van der Waals surface area contributed by atoms with Crippen LogP contribution in [0.3, 0.4) is 0 Å². The Morgan fingerprint density at radius 2 is 1.82 bits per heavy atom. The number of aromatic hydroxyl groups is 1. The lowest BCUT2D eigenvalue weighted by molar-refractivity contribution is -0.146. The summed E-state index contributed by atoms with van der Waals surface area (Å²) in [6.07, 6.45) is 12.4. The van der Waals surface area contributed by atoms with Crippen LogP contribution in [-0.2, 0) is 16.0 Å². The van der Waals surface area contributed by atoms with Crippen LogP contribution in [-0.4, -0.2) is 82.0 Å². The Kier molecular flexibility index (Phi) is 11.7. The van der Waals surface area contributed by atoms with Gasteiger partial charge in [0.2, 0.25) is 5.95 Å². The quantitative estimate of drug-likeness (QED) is 0.117. The number of hydrogen-bond acceptors (Lipinski definition) is 12. The number of fused-ring (bicyclic) bond motifs is 1. The van der Waals surface area contributed by atoms with Crippen molar-refractivity contribution < 1.29 is 19.2 Å². The summed E-state index contributed by atoms with van der Waals surface area (Å²) in [7, 11) is 0. The van der Waals surface area contributed by atoms with Gasteiger partial charge < -0.3 is 45.5 Å². The van der Waals surface area contributed by atoms with Crippen molar-refractivity contribution in [2.45, 2.75) is 84.1 Å². The number of carbonyl (C=O) groups is 1. The number of carbonyl (C=O) groups excluding carboxylic acids is 1. The highest BCUT2D eigenvalue weighted by atomic mass is 16.5. The third kappa shape index (κ3) is 8.31. The number of likely N-dealkylation sites (tertiary alicyclic amines) is 1. The summed E-state index contributed by atoms with van der Waals surface area (Å²) in [5, 5.41) is 14.7. The lowest BCUT2D eigenvalue weighted by atomic mass is 9.90. The molecule has 0 spiro atoms. The van der Waals surface area contributed by atoms with Crippen LogP contribution in [0.5, 0.6) is 5.75 Å². The molecule has 6 heterocycles. The second-order valence-electron chi connectivity index (χ2n) is 15.8. The number of para-hydroxylation sites is 1. The van der Waals surface area contributed by atoms with E-state index in [0.29, 0.717) is 47.2 Å². The number of nitrogens with two attached hydrogens (primary N) is 2. The molecule has 3 aliphatic heterocycles. The number of H-pyrrole nitrogens is 1. The van der Waals surface area contributed by atoms with E-state index in [4.69, 9.17) is 30.7 Å². The van der Waals surface area contributed by atoms with Gasteiger partial charge in [-0.3, -0.25) is 4.79 Å². The number of anilines is 3. The number of piperidine rings is 2. The van der Waals surface area contributed by atoms with Gasteiger partial charge >= 0.3 is 5.97 Å². The summed E-state index contributed by atoms with van der Waals surface area (Å²) >= 11 is 0. The molecule has 2 saturated heterocycles. The lowest BCUT2D eigenvalue weighted by Crippen LogP contribution is -2.37. The Balaban J connectivity index is 0.882. The van der Waals surface area contributed by atoms with Crippen LogP contribution < -0.4 is 21.3 Å². The first-order chi connectivity index (χ1) is 26.6. The normalized spacial score (nSPS) is 19.5. The van der Waals surface area contributed by atoms with E-state index in [1.165, 1.54) is 12.0 Å². The Hall–Kier alpha value is -5.04. The van der Waals surface area contributed by atoms with Crippen LogP contribution in [0.2, 0.25) is 0 Å². The van der Waals surface area contributed by atoms with Crippen molar-refractivity contribution in [2.75, 3.05) is 61.4 Å². The van der Waals surface area contributed by atoms with Gasteiger partial charge in [-0.25, -0.2) is 9.97 Å². The number of aromatic nitrogens is 4. The van der Waals surface area contributed by atoms with Gasteiger partial charge in [-0.15, -0.1) is 0 Å². The summed E-state index contributed by atoms with van der Waals surface area (Å²) < 4.78 is 10.9. The van der Waals surface area contributed by atoms with Crippen LogP contribution in [0.1, 0.15) is 111 Å². The van der Waals surface area contributed by atoms with Crippen LogP contribution in [0.15, 0.2) is 47.2 Å². The minimum Gasteiger partial charge on any atom is -0.507 e. The topological polar surface area (TPSA) is 176 Å². The molecular formula is C42H57N9O4. The largest absolute Gasteiger partial charge is 0.507 e. The van der Waals surface area contributed by atoms with Crippen molar-refractivity contribution in [3.8, 4) is 5.75 Å². The summed E-state index contributed by atoms with van der Waals surface area (Å²) in [5.41, 5.74) is 18.2. The van der Waals surface area contributed by atoms with Gasteiger partial charge in [0, 0.05) is 72.6 Å². The monoisotopic (exact) mass is 751 g/mol. The Morgan fingerprint density at radius 1 is 1.09 bits per heavy atom. The van der Waals surface area contributed by atoms with Crippen molar-refractivity contribution in [3.63, 3.8) is 0 Å². The zero-order chi connectivity index (χ0) is 38.6. The fourth-order valence-electron chi connectivity index (χ4n) is 8.76. The predicted octanol–water partition coefficient (Wildman–Crippen LogP) is 6.45. The van der Waals surface area contributed by atoms with Crippen molar-refractivity contribution in [1.29, 1.82) is 0 Å². The molecule has 55 heavy (non-hydrogen) atoms. The number of benzene rings is 1. The number of nitrogens with one attached hydrogen (secondary N) is 1. The lowest BCUT2D eigenvalue weighted by Gasteiger charge is -2.36. The van der Waals surface area contributed by atoms with E-state index in [1.807, 2.05) is 51.4 Å². The number of esters is 1. The van der Waals surface area contributed by atoms with E-state index in [2.05, 4.69) is 31.8 Å². The summed E-state index contributed by atoms with van der Waals surface area (Å²) in [5.74, 6) is 3.37.